The quantitative estimate of drug-likeness (QED) is 0.518. The van der Waals surface area contributed by atoms with Crippen LogP contribution in [0.3, 0.4) is 0 Å². The van der Waals surface area contributed by atoms with Crippen LogP contribution >= 0.6 is 0 Å². The van der Waals surface area contributed by atoms with E-state index in [4.69, 9.17) is 11.5 Å². The number of nitrogens with two attached hydrogens (primary N) is 2. The number of aromatic amines is 1. The molecule has 130 valence electrons. The Morgan fingerprint density at radius 2 is 1.92 bits per heavy atom. The molecule has 1 aromatic heterocycles. The van der Waals surface area contributed by atoms with Crippen molar-refractivity contribution >= 4 is 22.6 Å². The number of rotatable bonds is 6. The van der Waals surface area contributed by atoms with Gasteiger partial charge in [-0.15, -0.1) is 0 Å². The highest BCUT2D eigenvalue weighted by Gasteiger charge is 2.22. The third-order valence-electron chi connectivity index (χ3n) is 4.70. The number of aryl methyl sites for hydroxylation is 1. The van der Waals surface area contributed by atoms with Crippen LogP contribution in [0, 0.1) is 12.8 Å². The first-order valence-corrected chi connectivity index (χ1v) is 8.40. The van der Waals surface area contributed by atoms with Gasteiger partial charge in [-0.05, 0) is 43.5 Å². The molecule has 6 N–H and O–H groups in total. The van der Waals surface area contributed by atoms with Crippen LogP contribution in [-0.4, -0.2) is 22.6 Å². The summed E-state index contributed by atoms with van der Waals surface area (Å²) >= 11 is 0. The number of aromatic nitrogens is 1. The number of nitrogens with one attached hydrogen (secondary N) is 1. The van der Waals surface area contributed by atoms with E-state index in [0.717, 1.165) is 33.3 Å². The van der Waals surface area contributed by atoms with Gasteiger partial charge >= 0.3 is 5.97 Å². The Morgan fingerprint density at radius 1 is 1.20 bits per heavy atom. The van der Waals surface area contributed by atoms with Crippen molar-refractivity contribution in [3.63, 3.8) is 0 Å². The van der Waals surface area contributed by atoms with Gasteiger partial charge in [0.15, 0.2) is 0 Å². The van der Waals surface area contributed by atoms with Crippen molar-refractivity contribution in [1.82, 2.24) is 4.98 Å². The van der Waals surface area contributed by atoms with Crippen molar-refractivity contribution < 1.29 is 9.90 Å². The number of carbonyl (C=O) groups is 1. The molecule has 0 aliphatic rings. The van der Waals surface area contributed by atoms with E-state index in [2.05, 4.69) is 17.1 Å². The van der Waals surface area contributed by atoms with E-state index in [1.165, 1.54) is 0 Å². The fraction of sp³-hybridized carbons (Fsp3) is 0.250. The van der Waals surface area contributed by atoms with Crippen molar-refractivity contribution in [1.29, 1.82) is 0 Å². The van der Waals surface area contributed by atoms with Gasteiger partial charge in [0, 0.05) is 22.3 Å². The number of hydrogen-bond donors (Lipinski definition) is 4. The highest BCUT2D eigenvalue weighted by molar-refractivity contribution is 6.03. The van der Waals surface area contributed by atoms with E-state index in [1.54, 1.807) is 0 Å². The molecular formula is C20H23N3O2. The highest BCUT2D eigenvalue weighted by atomic mass is 16.4. The third-order valence-corrected chi connectivity index (χ3v) is 4.70. The normalized spacial score (nSPS) is 12.4. The average molecular weight is 337 g/mol. The minimum absolute atomic E-state index is 0.350. The number of aliphatic carboxylic acids is 1. The molecule has 2 aromatic carbocycles. The first kappa shape index (κ1) is 17.0. The summed E-state index contributed by atoms with van der Waals surface area (Å²) in [5.41, 5.74) is 17.5. The van der Waals surface area contributed by atoms with Crippen LogP contribution in [0.15, 0.2) is 42.5 Å². The molecule has 5 heteroatoms. The molecule has 0 fully saturated rings. The molecule has 5 nitrogen and oxygen atoms in total. The largest absolute Gasteiger partial charge is 0.481 e. The van der Waals surface area contributed by atoms with Gasteiger partial charge < -0.3 is 21.6 Å². The maximum Gasteiger partial charge on any atom is 0.306 e. The van der Waals surface area contributed by atoms with Gasteiger partial charge in [-0.25, -0.2) is 0 Å². The maximum atomic E-state index is 11.5. The number of anilines is 1. The summed E-state index contributed by atoms with van der Waals surface area (Å²) in [5, 5.41) is 10.4. The molecule has 1 unspecified atom stereocenters. The summed E-state index contributed by atoms with van der Waals surface area (Å²) in [6.45, 7) is 2.31. The van der Waals surface area contributed by atoms with E-state index in [9.17, 15) is 9.90 Å². The Hall–Kier alpha value is -2.79. The molecule has 0 aliphatic carbocycles. The molecule has 3 rings (SSSR count). The molecule has 0 aliphatic heterocycles. The van der Waals surface area contributed by atoms with Crippen LogP contribution in [-0.2, 0) is 11.2 Å². The van der Waals surface area contributed by atoms with Crippen molar-refractivity contribution in [2.24, 2.45) is 11.7 Å². The van der Waals surface area contributed by atoms with Crippen LogP contribution < -0.4 is 11.5 Å². The van der Waals surface area contributed by atoms with Gasteiger partial charge in [0.2, 0.25) is 0 Å². The lowest BCUT2D eigenvalue weighted by Gasteiger charge is -2.12. The smallest absolute Gasteiger partial charge is 0.306 e. The molecule has 3 aromatic rings. The second-order valence-electron chi connectivity index (χ2n) is 6.36. The highest BCUT2D eigenvalue weighted by Crippen LogP contribution is 2.36. The Balaban J connectivity index is 2.15. The second-order valence-corrected chi connectivity index (χ2v) is 6.36. The summed E-state index contributed by atoms with van der Waals surface area (Å²) in [7, 11) is 0. The number of carboxylic acids is 1. The first-order valence-electron chi connectivity index (χ1n) is 8.40. The monoisotopic (exact) mass is 337 g/mol. The number of carboxylic acid groups (broad SMARTS) is 1. The minimum atomic E-state index is -0.822. The Labute approximate surface area is 146 Å². The topological polar surface area (TPSA) is 105 Å². The zero-order chi connectivity index (χ0) is 18.0. The lowest BCUT2D eigenvalue weighted by Crippen LogP contribution is -2.20. The standard InChI is InChI=1S/C20H23N3O2/c1-12-16(11-14(9-10-21)20(24)25)18-17(22)8-7-15(19(18)23-12)13-5-3-2-4-6-13/h2-8,14,23H,9-11,21-22H2,1H3,(H,24,25). The van der Waals surface area contributed by atoms with E-state index < -0.39 is 11.9 Å². The number of hydrogen-bond acceptors (Lipinski definition) is 3. The van der Waals surface area contributed by atoms with Crippen LogP contribution in [0.25, 0.3) is 22.0 Å². The first-order chi connectivity index (χ1) is 12.0. The summed E-state index contributed by atoms with van der Waals surface area (Å²) in [5.74, 6) is -1.33. The predicted molar refractivity (Wildman–Crippen MR) is 101 cm³/mol. The maximum absolute atomic E-state index is 11.5. The predicted octanol–water partition coefficient (Wildman–Crippen LogP) is 3.32. The van der Waals surface area contributed by atoms with Gasteiger partial charge in [-0.1, -0.05) is 36.4 Å². The second kappa shape index (κ2) is 6.99. The van der Waals surface area contributed by atoms with Gasteiger partial charge in [-0.2, -0.15) is 0 Å². The molecule has 0 amide bonds. The molecule has 0 radical (unpaired) electrons. The Kier molecular flexibility index (Phi) is 4.76. The van der Waals surface area contributed by atoms with E-state index in [0.29, 0.717) is 25.1 Å². The number of benzene rings is 2. The summed E-state index contributed by atoms with van der Waals surface area (Å²) in [4.78, 5) is 15.0. The fourth-order valence-corrected chi connectivity index (χ4v) is 3.40. The zero-order valence-corrected chi connectivity index (χ0v) is 14.3. The van der Waals surface area contributed by atoms with Crippen molar-refractivity contribution in [3.8, 4) is 11.1 Å². The van der Waals surface area contributed by atoms with Crippen LogP contribution in [0.5, 0.6) is 0 Å². The fourth-order valence-electron chi connectivity index (χ4n) is 3.40. The van der Waals surface area contributed by atoms with Crippen LogP contribution in [0.1, 0.15) is 17.7 Å². The SMILES string of the molecule is Cc1[nH]c2c(-c3ccccc3)ccc(N)c2c1CC(CCN)C(=O)O. The molecule has 0 saturated carbocycles. The van der Waals surface area contributed by atoms with Crippen LogP contribution in [0.2, 0.25) is 0 Å². The molecule has 0 spiro atoms. The van der Waals surface area contributed by atoms with E-state index in [-0.39, 0.29) is 0 Å². The van der Waals surface area contributed by atoms with Crippen molar-refractivity contribution in [3.05, 3.63) is 53.7 Å². The average Bonchev–Trinajstić information content (AvgIpc) is 2.92. The van der Waals surface area contributed by atoms with Gasteiger partial charge in [0.1, 0.15) is 0 Å². The Bertz CT molecular complexity index is 900. The molecular weight excluding hydrogens is 314 g/mol. The van der Waals surface area contributed by atoms with Crippen molar-refractivity contribution in [2.45, 2.75) is 19.8 Å². The van der Waals surface area contributed by atoms with Gasteiger partial charge in [0.05, 0.1) is 11.4 Å². The lowest BCUT2D eigenvalue weighted by atomic mass is 9.93. The zero-order valence-electron chi connectivity index (χ0n) is 14.3. The number of nitrogen functional groups attached to an aromatic ring is 1. The summed E-state index contributed by atoms with van der Waals surface area (Å²) in [6, 6.07) is 14.0. The molecule has 1 atom stereocenters. The molecule has 0 saturated heterocycles. The van der Waals surface area contributed by atoms with Gasteiger partial charge in [-0.3, -0.25) is 4.79 Å². The van der Waals surface area contributed by atoms with E-state index >= 15 is 0 Å². The summed E-state index contributed by atoms with van der Waals surface area (Å²) < 4.78 is 0. The van der Waals surface area contributed by atoms with Crippen molar-refractivity contribution in [2.75, 3.05) is 12.3 Å². The summed E-state index contributed by atoms with van der Waals surface area (Å²) in [6.07, 6.45) is 0.862. The van der Waals surface area contributed by atoms with E-state index in [1.807, 2.05) is 37.3 Å². The molecule has 1 heterocycles. The minimum Gasteiger partial charge on any atom is -0.481 e. The molecule has 0 bridgehead atoms. The number of fused-ring (bicyclic) bond motifs is 1. The van der Waals surface area contributed by atoms with Gasteiger partial charge in [0.25, 0.3) is 0 Å². The van der Waals surface area contributed by atoms with Crippen LogP contribution in [0.4, 0.5) is 5.69 Å². The third kappa shape index (κ3) is 3.23. The number of H-pyrrole nitrogens is 1. The Morgan fingerprint density at radius 3 is 2.56 bits per heavy atom. The lowest BCUT2D eigenvalue weighted by molar-refractivity contribution is -0.141. The molecule has 25 heavy (non-hydrogen) atoms.